The highest BCUT2D eigenvalue weighted by Crippen LogP contribution is 2.26. The molecular formula is C15H26N4O. The number of likely N-dealkylation sites (N-methyl/N-ethyl adjacent to an activating group) is 1. The van der Waals surface area contributed by atoms with Gasteiger partial charge in [0.25, 0.3) is 0 Å². The molecule has 1 amide bonds. The van der Waals surface area contributed by atoms with Crippen LogP contribution in [0.15, 0.2) is 0 Å². The molecule has 0 N–H and O–H groups in total. The van der Waals surface area contributed by atoms with E-state index in [0.29, 0.717) is 12.6 Å². The number of nitrogens with zero attached hydrogens (tertiary/aromatic N) is 4. The van der Waals surface area contributed by atoms with Gasteiger partial charge in [-0.05, 0) is 33.6 Å². The fourth-order valence-electron chi connectivity index (χ4n) is 2.84. The molecule has 1 heterocycles. The molecule has 0 spiro atoms. The molecule has 5 heteroatoms. The van der Waals surface area contributed by atoms with Crippen molar-refractivity contribution in [2.45, 2.75) is 45.2 Å². The average molecular weight is 278 g/mol. The van der Waals surface area contributed by atoms with E-state index in [1.807, 2.05) is 18.7 Å². The van der Waals surface area contributed by atoms with Gasteiger partial charge >= 0.3 is 0 Å². The molecule has 2 fully saturated rings. The summed E-state index contributed by atoms with van der Waals surface area (Å²) in [6, 6.07) is 2.86. The summed E-state index contributed by atoms with van der Waals surface area (Å²) in [5, 5.41) is 9.16. The van der Waals surface area contributed by atoms with Gasteiger partial charge < -0.3 is 4.90 Å². The zero-order valence-corrected chi connectivity index (χ0v) is 12.9. The Balaban J connectivity index is 1.79. The van der Waals surface area contributed by atoms with Gasteiger partial charge in [0.2, 0.25) is 5.91 Å². The molecule has 1 aliphatic carbocycles. The first-order valence-corrected chi connectivity index (χ1v) is 7.66. The van der Waals surface area contributed by atoms with Crippen molar-refractivity contribution in [1.29, 1.82) is 5.26 Å². The third kappa shape index (κ3) is 3.50. The van der Waals surface area contributed by atoms with Crippen LogP contribution in [-0.4, -0.2) is 71.5 Å². The van der Waals surface area contributed by atoms with Gasteiger partial charge in [-0.15, -0.1) is 0 Å². The summed E-state index contributed by atoms with van der Waals surface area (Å²) in [5.41, 5.74) is -0.403. The molecule has 0 aromatic carbocycles. The predicted molar refractivity (Wildman–Crippen MR) is 78.1 cm³/mol. The maximum atomic E-state index is 12.3. The van der Waals surface area contributed by atoms with Gasteiger partial charge in [0.15, 0.2) is 0 Å². The molecule has 1 aliphatic heterocycles. The summed E-state index contributed by atoms with van der Waals surface area (Å²) in [5.74, 6) is 0.267. The second-order valence-electron chi connectivity index (χ2n) is 6.34. The Morgan fingerprint density at radius 3 is 2.35 bits per heavy atom. The van der Waals surface area contributed by atoms with Crippen molar-refractivity contribution < 1.29 is 4.79 Å². The highest BCUT2D eigenvalue weighted by molar-refractivity contribution is 5.78. The lowest BCUT2D eigenvalue weighted by atomic mass is 10.0. The number of carbonyl (C=O) groups excluding carboxylic acids is 1. The second kappa shape index (κ2) is 6.11. The standard InChI is InChI=1S/C15H26N4O/c1-4-19(13-5-6-13)14(20)11-17-7-9-18(10-8-17)15(2,3)12-16/h13H,4-11H2,1-3H3. The lowest BCUT2D eigenvalue weighted by Gasteiger charge is -2.40. The molecule has 1 saturated carbocycles. The number of hydrogen-bond acceptors (Lipinski definition) is 4. The first-order valence-electron chi connectivity index (χ1n) is 7.66. The molecule has 0 aromatic rings. The average Bonchev–Trinajstić information content (AvgIpc) is 3.25. The van der Waals surface area contributed by atoms with Crippen molar-refractivity contribution in [2.75, 3.05) is 39.3 Å². The van der Waals surface area contributed by atoms with Gasteiger partial charge in [-0.1, -0.05) is 0 Å². The monoisotopic (exact) mass is 278 g/mol. The van der Waals surface area contributed by atoms with Crippen LogP contribution in [0.25, 0.3) is 0 Å². The lowest BCUT2D eigenvalue weighted by molar-refractivity contribution is -0.133. The first-order chi connectivity index (χ1) is 9.47. The normalized spacial score (nSPS) is 21.5. The van der Waals surface area contributed by atoms with Crippen molar-refractivity contribution >= 4 is 5.91 Å². The highest BCUT2D eigenvalue weighted by Gasteiger charge is 2.34. The van der Waals surface area contributed by atoms with E-state index in [-0.39, 0.29) is 5.91 Å². The summed E-state index contributed by atoms with van der Waals surface area (Å²) in [4.78, 5) is 18.7. The van der Waals surface area contributed by atoms with E-state index in [9.17, 15) is 4.79 Å². The van der Waals surface area contributed by atoms with Gasteiger partial charge in [-0.2, -0.15) is 5.26 Å². The number of carbonyl (C=O) groups is 1. The van der Waals surface area contributed by atoms with Crippen LogP contribution in [0.3, 0.4) is 0 Å². The van der Waals surface area contributed by atoms with E-state index < -0.39 is 5.54 Å². The molecule has 0 atom stereocenters. The molecule has 0 unspecified atom stereocenters. The molecule has 0 aromatic heterocycles. The van der Waals surface area contributed by atoms with Gasteiger partial charge in [0.1, 0.15) is 5.54 Å². The fourth-order valence-corrected chi connectivity index (χ4v) is 2.84. The Labute approximate surface area is 122 Å². The van der Waals surface area contributed by atoms with Crippen molar-refractivity contribution in [3.05, 3.63) is 0 Å². The molecule has 0 bridgehead atoms. The summed E-state index contributed by atoms with van der Waals surface area (Å²) in [6.45, 7) is 10.8. The van der Waals surface area contributed by atoms with E-state index in [1.165, 1.54) is 12.8 Å². The maximum absolute atomic E-state index is 12.3. The second-order valence-corrected chi connectivity index (χ2v) is 6.34. The van der Waals surface area contributed by atoms with E-state index in [1.54, 1.807) is 0 Å². The molecule has 20 heavy (non-hydrogen) atoms. The quantitative estimate of drug-likeness (QED) is 0.750. The van der Waals surface area contributed by atoms with Gasteiger partial charge in [0, 0.05) is 38.8 Å². The summed E-state index contributed by atoms with van der Waals surface area (Å²) < 4.78 is 0. The third-order valence-electron chi connectivity index (χ3n) is 4.44. The van der Waals surface area contributed by atoms with E-state index in [2.05, 4.69) is 22.8 Å². The van der Waals surface area contributed by atoms with E-state index in [4.69, 9.17) is 5.26 Å². The topological polar surface area (TPSA) is 50.6 Å². The molecule has 1 saturated heterocycles. The Bertz CT molecular complexity index is 389. The fraction of sp³-hybridized carbons (Fsp3) is 0.867. The first kappa shape index (κ1) is 15.3. The number of nitriles is 1. The van der Waals surface area contributed by atoms with Crippen LogP contribution in [0, 0.1) is 11.3 Å². The molecule has 2 aliphatic rings. The number of rotatable bonds is 5. The highest BCUT2D eigenvalue weighted by atomic mass is 16.2. The molecule has 112 valence electrons. The van der Waals surface area contributed by atoms with Crippen LogP contribution in [0.4, 0.5) is 0 Å². The Kier molecular flexibility index (Phi) is 4.66. The largest absolute Gasteiger partial charge is 0.339 e. The SMILES string of the molecule is CCN(C(=O)CN1CCN(C(C)(C)C#N)CC1)C1CC1. The number of hydrogen-bond donors (Lipinski definition) is 0. The van der Waals surface area contributed by atoms with Crippen molar-refractivity contribution in [1.82, 2.24) is 14.7 Å². The smallest absolute Gasteiger partial charge is 0.236 e. The van der Waals surface area contributed by atoms with Gasteiger partial charge in [0.05, 0.1) is 12.6 Å². The predicted octanol–water partition coefficient (Wildman–Crippen LogP) is 0.917. The minimum atomic E-state index is -0.403. The molecular weight excluding hydrogens is 252 g/mol. The Morgan fingerprint density at radius 2 is 1.90 bits per heavy atom. The van der Waals surface area contributed by atoms with Crippen LogP contribution in [-0.2, 0) is 4.79 Å². The van der Waals surface area contributed by atoms with Crippen LogP contribution in [0.1, 0.15) is 33.6 Å². The summed E-state index contributed by atoms with van der Waals surface area (Å²) in [6.07, 6.45) is 2.34. The zero-order chi connectivity index (χ0) is 14.8. The molecule has 5 nitrogen and oxygen atoms in total. The van der Waals surface area contributed by atoms with Crippen LogP contribution in [0.5, 0.6) is 0 Å². The summed E-state index contributed by atoms with van der Waals surface area (Å²) in [7, 11) is 0. The zero-order valence-electron chi connectivity index (χ0n) is 12.9. The van der Waals surface area contributed by atoms with Crippen molar-refractivity contribution in [3.63, 3.8) is 0 Å². The van der Waals surface area contributed by atoms with Crippen molar-refractivity contribution in [3.8, 4) is 6.07 Å². The van der Waals surface area contributed by atoms with Gasteiger partial charge in [-0.3, -0.25) is 14.6 Å². The van der Waals surface area contributed by atoms with Gasteiger partial charge in [-0.25, -0.2) is 0 Å². The maximum Gasteiger partial charge on any atom is 0.236 e. The molecule has 2 rings (SSSR count). The minimum Gasteiger partial charge on any atom is -0.339 e. The van der Waals surface area contributed by atoms with Crippen LogP contribution < -0.4 is 0 Å². The number of amides is 1. The van der Waals surface area contributed by atoms with Crippen LogP contribution >= 0.6 is 0 Å². The Hall–Kier alpha value is -1.12. The number of piperazine rings is 1. The Morgan fingerprint density at radius 1 is 1.30 bits per heavy atom. The summed E-state index contributed by atoms with van der Waals surface area (Å²) >= 11 is 0. The van der Waals surface area contributed by atoms with Crippen molar-refractivity contribution in [2.24, 2.45) is 0 Å². The minimum absolute atomic E-state index is 0.267. The van der Waals surface area contributed by atoms with Crippen LogP contribution in [0.2, 0.25) is 0 Å². The molecule has 0 radical (unpaired) electrons. The van der Waals surface area contributed by atoms with E-state index >= 15 is 0 Å². The van der Waals surface area contributed by atoms with E-state index in [0.717, 1.165) is 32.7 Å². The third-order valence-corrected chi connectivity index (χ3v) is 4.44. The lowest BCUT2D eigenvalue weighted by Crippen LogP contribution is -2.55.